The summed E-state index contributed by atoms with van der Waals surface area (Å²) in [5, 5.41) is 7.79. The van der Waals surface area contributed by atoms with E-state index in [0.29, 0.717) is 0 Å². The zero-order valence-corrected chi connectivity index (χ0v) is 9.23. The molecule has 2 rings (SSSR count). The lowest BCUT2D eigenvalue weighted by molar-refractivity contribution is 0.265. The van der Waals surface area contributed by atoms with Crippen LogP contribution in [-0.4, -0.2) is 5.71 Å². The maximum absolute atomic E-state index is 7.79. The molecule has 0 aromatic carbocycles. The molecule has 2 fully saturated rings. The fourth-order valence-electron chi connectivity index (χ4n) is 3.24. The molecule has 0 saturated heterocycles. The molecule has 2 unspecified atom stereocenters. The Hall–Kier alpha value is -0.330. The quantitative estimate of drug-likeness (QED) is 0.597. The van der Waals surface area contributed by atoms with Gasteiger partial charge in [-0.2, -0.15) is 0 Å². The van der Waals surface area contributed by atoms with Crippen molar-refractivity contribution in [2.24, 2.45) is 11.8 Å². The van der Waals surface area contributed by atoms with Crippen molar-refractivity contribution in [1.82, 2.24) is 0 Å². The van der Waals surface area contributed by atoms with Crippen molar-refractivity contribution >= 4 is 5.71 Å². The highest BCUT2D eigenvalue weighted by molar-refractivity contribution is 5.82. The van der Waals surface area contributed by atoms with E-state index < -0.39 is 0 Å². The molecule has 0 heterocycles. The topological polar surface area (TPSA) is 23.9 Å². The van der Waals surface area contributed by atoms with E-state index in [1.807, 2.05) is 0 Å². The zero-order valence-electron chi connectivity index (χ0n) is 9.23. The first-order valence-electron chi connectivity index (χ1n) is 6.42. The Morgan fingerprint density at radius 3 is 2.21 bits per heavy atom. The van der Waals surface area contributed by atoms with E-state index in [1.165, 1.54) is 51.4 Å². The SMILES string of the molecule is N=C1CCC2CCCCCCCC2C1. The molecule has 0 aromatic heterocycles. The van der Waals surface area contributed by atoms with Crippen LogP contribution in [0.5, 0.6) is 0 Å². The van der Waals surface area contributed by atoms with Crippen LogP contribution in [0.3, 0.4) is 0 Å². The van der Waals surface area contributed by atoms with Gasteiger partial charge in [0.1, 0.15) is 0 Å². The highest BCUT2D eigenvalue weighted by Crippen LogP contribution is 2.36. The van der Waals surface area contributed by atoms with E-state index in [1.54, 1.807) is 0 Å². The van der Waals surface area contributed by atoms with Gasteiger partial charge >= 0.3 is 0 Å². The lowest BCUT2D eigenvalue weighted by Gasteiger charge is -2.31. The summed E-state index contributed by atoms with van der Waals surface area (Å²) in [7, 11) is 0. The molecule has 2 atom stereocenters. The monoisotopic (exact) mass is 193 g/mol. The molecule has 2 aliphatic rings. The minimum atomic E-state index is 0.884. The van der Waals surface area contributed by atoms with Crippen LogP contribution in [-0.2, 0) is 0 Å². The fraction of sp³-hybridized carbons (Fsp3) is 0.923. The minimum absolute atomic E-state index is 0.884. The first kappa shape index (κ1) is 10.2. The van der Waals surface area contributed by atoms with Crippen molar-refractivity contribution in [1.29, 1.82) is 5.41 Å². The maximum Gasteiger partial charge on any atom is 0.00921 e. The van der Waals surface area contributed by atoms with Crippen LogP contribution < -0.4 is 0 Å². The van der Waals surface area contributed by atoms with Gasteiger partial charge in [-0.15, -0.1) is 0 Å². The van der Waals surface area contributed by atoms with E-state index in [2.05, 4.69) is 0 Å². The summed E-state index contributed by atoms with van der Waals surface area (Å²) < 4.78 is 0. The Kier molecular flexibility index (Phi) is 3.61. The third-order valence-electron chi connectivity index (χ3n) is 4.14. The van der Waals surface area contributed by atoms with Crippen molar-refractivity contribution < 1.29 is 0 Å². The van der Waals surface area contributed by atoms with Gasteiger partial charge in [-0.25, -0.2) is 0 Å². The molecule has 0 amide bonds. The highest BCUT2D eigenvalue weighted by atomic mass is 14.5. The Balaban J connectivity index is 1.94. The summed E-state index contributed by atoms with van der Waals surface area (Å²) in [4.78, 5) is 0. The van der Waals surface area contributed by atoms with E-state index in [4.69, 9.17) is 5.41 Å². The molecular weight excluding hydrogens is 170 g/mol. The molecule has 80 valence electrons. The zero-order chi connectivity index (χ0) is 9.80. The van der Waals surface area contributed by atoms with Gasteiger partial charge in [0.25, 0.3) is 0 Å². The molecule has 14 heavy (non-hydrogen) atoms. The summed E-state index contributed by atoms with van der Waals surface area (Å²) in [6, 6.07) is 0. The van der Waals surface area contributed by atoms with Crippen molar-refractivity contribution in [3.63, 3.8) is 0 Å². The van der Waals surface area contributed by atoms with Crippen molar-refractivity contribution in [3.05, 3.63) is 0 Å². The molecule has 0 radical (unpaired) electrons. The van der Waals surface area contributed by atoms with Crippen LogP contribution in [0.1, 0.15) is 64.2 Å². The standard InChI is InChI=1S/C13H23N/c14-13-9-8-11-6-4-2-1-3-5-7-12(11)10-13/h11-12,14H,1-10H2. The predicted molar refractivity (Wildman–Crippen MR) is 60.9 cm³/mol. The second-order valence-electron chi connectivity index (χ2n) is 5.21. The van der Waals surface area contributed by atoms with Gasteiger partial charge in [-0.3, -0.25) is 0 Å². The summed E-state index contributed by atoms with van der Waals surface area (Å²) in [6.45, 7) is 0. The first-order valence-corrected chi connectivity index (χ1v) is 6.42. The van der Waals surface area contributed by atoms with Crippen LogP contribution in [0.2, 0.25) is 0 Å². The van der Waals surface area contributed by atoms with Crippen LogP contribution in [0, 0.1) is 17.2 Å². The van der Waals surface area contributed by atoms with Gasteiger partial charge < -0.3 is 5.41 Å². The molecule has 1 N–H and O–H groups in total. The summed E-state index contributed by atoms with van der Waals surface area (Å²) in [5.74, 6) is 1.86. The number of nitrogens with one attached hydrogen (secondary N) is 1. The molecule has 0 spiro atoms. The number of rotatable bonds is 0. The molecule has 1 heteroatoms. The van der Waals surface area contributed by atoms with E-state index in [-0.39, 0.29) is 0 Å². The number of hydrogen-bond donors (Lipinski definition) is 1. The second-order valence-corrected chi connectivity index (χ2v) is 5.21. The molecule has 1 nitrogen and oxygen atoms in total. The van der Waals surface area contributed by atoms with Crippen LogP contribution >= 0.6 is 0 Å². The molecule has 0 aliphatic heterocycles. The molecule has 0 bridgehead atoms. The Bertz CT molecular complexity index is 197. The van der Waals surface area contributed by atoms with Gasteiger partial charge in [0.05, 0.1) is 0 Å². The van der Waals surface area contributed by atoms with Gasteiger partial charge in [-0.1, -0.05) is 38.5 Å². The predicted octanol–water partition coefficient (Wildman–Crippen LogP) is 4.17. The van der Waals surface area contributed by atoms with E-state index >= 15 is 0 Å². The molecule has 2 saturated carbocycles. The molecule has 0 aromatic rings. The second kappa shape index (κ2) is 4.95. The van der Waals surface area contributed by atoms with Crippen molar-refractivity contribution in [2.45, 2.75) is 64.2 Å². The van der Waals surface area contributed by atoms with Crippen molar-refractivity contribution in [2.75, 3.05) is 0 Å². The normalized spacial score (nSPS) is 35.3. The average Bonchev–Trinajstić information content (AvgIpc) is 2.29. The lowest BCUT2D eigenvalue weighted by atomic mass is 9.74. The van der Waals surface area contributed by atoms with Crippen LogP contribution in [0.25, 0.3) is 0 Å². The third-order valence-corrected chi connectivity index (χ3v) is 4.14. The van der Waals surface area contributed by atoms with Gasteiger partial charge in [-0.05, 0) is 37.5 Å². The van der Waals surface area contributed by atoms with Gasteiger partial charge in [0, 0.05) is 5.71 Å². The van der Waals surface area contributed by atoms with E-state index in [0.717, 1.165) is 30.4 Å². The molecule has 2 aliphatic carbocycles. The third kappa shape index (κ3) is 2.59. The minimum Gasteiger partial charge on any atom is -0.310 e. The van der Waals surface area contributed by atoms with Gasteiger partial charge in [0.15, 0.2) is 0 Å². The largest absolute Gasteiger partial charge is 0.310 e. The van der Waals surface area contributed by atoms with Crippen LogP contribution in [0.4, 0.5) is 0 Å². The number of fused-ring (bicyclic) bond motifs is 1. The summed E-state index contributed by atoms with van der Waals surface area (Å²) >= 11 is 0. The summed E-state index contributed by atoms with van der Waals surface area (Å²) in [6.07, 6.45) is 13.7. The fourth-order valence-corrected chi connectivity index (χ4v) is 3.24. The van der Waals surface area contributed by atoms with Crippen molar-refractivity contribution in [3.8, 4) is 0 Å². The van der Waals surface area contributed by atoms with E-state index in [9.17, 15) is 0 Å². The average molecular weight is 193 g/mol. The molecular formula is C13H23N. The smallest absolute Gasteiger partial charge is 0.00921 e. The first-order chi connectivity index (χ1) is 6.86. The Morgan fingerprint density at radius 2 is 1.43 bits per heavy atom. The Morgan fingerprint density at radius 1 is 0.786 bits per heavy atom. The Labute approximate surface area is 87.8 Å². The lowest BCUT2D eigenvalue weighted by Crippen LogP contribution is -2.24. The summed E-state index contributed by atoms with van der Waals surface area (Å²) in [5.41, 5.74) is 1.03. The van der Waals surface area contributed by atoms with Crippen LogP contribution in [0.15, 0.2) is 0 Å². The maximum atomic E-state index is 7.79. The van der Waals surface area contributed by atoms with Gasteiger partial charge in [0.2, 0.25) is 0 Å². The number of hydrogen-bond acceptors (Lipinski definition) is 1. The highest BCUT2D eigenvalue weighted by Gasteiger charge is 2.27.